The molecule has 1 heterocycles. The van der Waals surface area contributed by atoms with E-state index in [2.05, 4.69) is 0 Å². The van der Waals surface area contributed by atoms with E-state index in [9.17, 15) is 26.8 Å². The smallest absolute Gasteiger partial charge is 0.323 e. The average Bonchev–Trinajstić information content (AvgIpc) is 2.59. The van der Waals surface area contributed by atoms with Crippen LogP contribution in [0.5, 0.6) is 0 Å². The highest BCUT2D eigenvalue weighted by Gasteiger charge is 2.34. The Morgan fingerprint density at radius 2 is 1.88 bits per heavy atom. The molecule has 144 valence electrons. The molecule has 1 saturated heterocycles. The fourth-order valence-electron chi connectivity index (χ4n) is 2.94. The molecule has 0 radical (unpaired) electrons. The van der Waals surface area contributed by atoms with Crippen LogP contribution in [0, 0.1) is 11.6 Å². The summed E-state index contributed by atoms with van der Waals surface area (Å²) in [4.78, 5) is 24.8. The predicted molar refractivity (Wildman–Crippen MR) is 89.1 cm³/mol. The van der Waals surface area contributed by atoms with Gasteiger partial charge in [-0.2, -0.15) is 0 Å². The van der Waals surface area contributed by atoms with Crippen molar-refractivity contribution >= 4 is 21.9 Å². The second-order valence-corrected chi connectivity index (χ2v) is 8.24. The van der Waals surface area contributed by atoms with E-state index >= 15 is 0 Å². The number of piperidine rings is 1. The maximum Gasteiger partial charge on any atom is 0.323 e. The summed E-state index contributed by atoms with van der Waals surface area (Å²) in [6, 6.07) is 1.90. The van der Waals surface area contributed by atoms with E-state index in [1.165, 1.54) is 11.2 Å². The lowest BCUT2D eigenvalue weighted by Crippen LogP contribution is -2.50. The van der Waals surface area contributed by atoms with Crippen LogP contribution in [0.1, 0.15) is 30.1 Å². The summed E-state index contributed by atoms with van der Waals surface area (Å²) in [5.41, 5.74) is -0.420. The van der Waals surface area contributed by atoms with E-state index in [1.54, 1.807) is 0 Å². The minimum atomic E-state index is -3.37. The van der Waals surface area contributed by atoms with Crippen LogP contribution in [0.15, 0.2) is 18.2 Å². The molecule has 2 rings (SSSR count). The van der Waals surface area contributed by atoms with Crippen molar-refractivity contribution in [1.82, 2.24) is 9.21 Å². The minimum absolute atomic E-state index is 0.0454. The molecule has 1 aromatic rings. The van der Waals surface area contributed by atoms with E-state index in [0.717, 1.165) is 17.0 Å². The number of carboxylic acid groups (broad SMARTS) is 1. The first-order valence-corrected chi connectivity index (χ1v) is 9.72. The van der Waals surface area contributed by atoms with Crippen molar-refractivity contribution in [3.63, 3.8) is 0 Å². The summed E-state index contributed by atoms with van der Waals surface area (Å²) >= 11 is 0. The van der Waals surface area contributed by atoms with E-state index in [0.29, 0.717) is 6.07 Å². The zero-order valence-corrected chi connectivity index (χ0v) is 15.0. The van der Waals surface area contributed by atoms with Gasteiger partial charge in [0.05, 0.1) is 11.3 Å². The lowest BCUT2D eigenvalue weighted by Gasteiger charge is -2.37. The zero-order chi connectivity index (χ0) is 19.5. The number of rotatable bonds is 6. The standard InChI is InChI=1S/C16H20F2N2O5S/c1-2-26(24,25)19-7-5-12(6-8-19)20(10-15(21)22)16(23)13-4-3-11(17)9-14(13)18/h3-4,9,12H,2,5-8,10H2,1H3,(H,21,22). The monoisotopic (exact) mass is 390 g/mol. The lowest BCUT2D eigenvalue weighted by molar-refractivity contribution is -0.138. The number of hydrogen-bond acceptors (Lipinski definition) is 4. The topological polar surface area (TPSA) is 95.0 Å². The van der Waals surface area contributed by atoms with Gasteiger partial charge in [0, 0.05) is 25.2 Å². The van der Waals surface area contributed by atoms with Crippen molar-refractivity contribution < 1.29 is 31.9 Å². The summed E-state index contributed by atoms with van der Waals surface area (Å²) in [5.74, 6) is -4.10. The van der Waals surface area contributed by atoms with Gasteiger partial charge in [0.25, 0.3) is 5.91 Å². The van der Waals surface area contributed by atoms with E-state index in [-0.39, 0.29) is 31.7 Å². The van der Waals surface area contributed by atoms with Gasteiger partial charge in [-0.25, -0.2) is 21.5 Å². The van der Waals surface area contributed by atoms with Crippen LogP contribution in [0.3, 0.4) is 0 Å². The van der Waals surface area contributed by atoms with Crippen LogP contribution < -0.4 is 0 Å². The van der Waals surface area contributed by atoms with Gasteiger partial charge in [0.15, 0.2) is 0 Å². The molecule has 7 nitrogen and oxygen atoms in total. The summed E-state index contributed by atoms with van der Waals surface area (Å²) in [6.45, 7) is 1.17. The van der Waals surface area contributed by atoms with Crippen LogP contribution in [0.4, 0.5) is 8.78 Å². The Kier molecular flexibility index (Phi) is 6.30. The van der Waals surface area contributed by atoms with Gasteiger partial charge < -0.3 is 10.0 Å². The molecule has 1 amide bonds. The molecule has 1 N–H and O–H groups in total. The number of amides is 1. The number of halogens is 2. The maximum absolute atomic E-state index is 13.9. The number of nitrogens with zero attached hydrogens (tertiary/aromatic N) is 2. The first-order chi connectivity index (χ1) is 12.2. The number of sulfonamides is 1. The molecule has 10 heteroatoms. The minimum Gasteiger partial charge on any atom is -0.480 e. The Bertz CT molecular complexity index is 792. The molecule has 26 heavy (non-hydrogen) atoms. The molecular formula is C16H20F2N2O5S. The summed E-state index contributed by atoms with van der Waals surface area (Å²) in [7, 11) is -3.37. The Morgan fingerprint density at radius 3 is 2.38 bits per heavy atom. The van der Waals surface area contributed by atoms with Gasteiger partial charge >= 0.3 is 5.97 Å². The van der Waals surface area contributed by atoms with Gasteiger partial charge in [-0.1, -0.05) is 0 Å². The second-order valence-electron chi connectivity index (χ2n) is 5.98. The highest BCUT2D eigenvalue weighted by Crippen LogP contribution is 2.22. The number of hydrogen-bond donors (Lipinski definition) is 1. The largest absolute Gasteiger partial charge is 0.480 e. The van der Waals surface area contributed by atoms with Crippen molar-refractivity contribution in [2.75, 3.05) is 25.4 Å². The van der Waals surface area contributed by atoms with E-state index in [1.807, 2.05) is 0 Å². The molecule has 1 fully saturated rings. The zero-order valence-electron chi connectivity index (χ0n) is 14.2. The third kappa shape index (κ3) is 4.55. The maximum atomic E-state index is 13.9. The molecular weight excluding hydrogens is 370 g/mol. The molecule has 0 saturated carbocycles. The van der Waals surface area contributed by atoms with Crippen LogP contribution in [0.25, 0.3) is 0 Å². The van der Waals surface area contributed by atoms with Crippen LogP contribution in [0.2, 0.25) is 0 Å². The second kappa shape index (κ2) is 8.09. The van der Waals surface area contributed by atoms with Crippen molar-refractivity contribution in [1.29, 1.82) is 0 Å². The Hall–Kier alpha value is -2.07. The average molecular weight is 390 g/mol. The molecule has 0 bridgehead atoms. The highest BCUT2D eigenvalue weighted by molar-refractivity contribution is 7.89. The molecule has 0 spiro atoms. The van der Waals surface area contributed by atoms with E-state index in [4.69, 9.17) is 5.11 Å². The van der Waals surface area contributed by atoms with Crippen LogP contribution >= 0.6 is 0 Å². The number of carbonyl (C=O) groups is 2. The Balaban J connectivity index is 2.20. The van der Waals surface area contributed by atoms with Crippen molar-refractivity contribution in [2.45, 2.75) is 25.8 Å². The first-order valence-electron chi connectivity index (χ1n) is 8.11. The van der Waals surface area contributed by atoms with Crippen molar-refractivity contribution in [2.24, 2.45) is 0 Å². The Labute approximate surface area is 150 Å². The molecule has 1 aliphatic heterocycles. The van der Waals surface area contributed by atoms with Gasteiger partial charge in [-0.15, -0.1) is 0 Å². The number of benzene rings is 1. The third-order valence-electron chi connectivity index (χ3n) is 4.35. The quantitative estimate of drug-likeness (QED) is 0.790. The fourth-order valence-corrected chi connectivity index (χ4v) is 4.08. The molecule has 0 aliphatic carbocycles. The fraction of sp³-hybridized carbons (Fsp3) is 0.500. The molecule has 1 aromatic carbocycles. The molecule has 0 atom stereocenters. The summed E-state index contributed by atoms with van der Waals surface area (Å²) < 4.78 is 52.1. The number of aliphatic carboxylic acids is 1. The number of carbonyl (C=O) groups excluding carboxylic acids is 1. The molecule has 0 aromatic heterocycles. The van der Waals surface area contributed by atoms with Gasteiger partial charge in [0.1, 0.15) is 18.2 Å². The molecule has 1 aliphatic rings. The van der Waals surface area contributed by atoms with Crippen LogP contribution in [-0.4, -0.2) is 66.0 Å². The van der Waals surface area contributed by atoms with Gasteiger partial charge in [-0.3, -0.25) is 9.59 Å². The van der Waals surface area contributed by atoms with Gasteiger partial charge in [0.2, 0.25) is 10.0 Å². The van der Waals surface area contributed by atoms with Crippen molar-refractivity contribution in [3.8, 4) is 0 Å². The van der Waals surface area contributed by atoms with Gasteiger partial charge in [-0.05, 0) is 31.9 Å². The van der Waals surface area contributed by atoms with Crippen LogP contribution in [-0.2, 0) is 14.8 Å². The SMILES string of the molecule is CCS(=O)(=O)N1CCC(N(CC(=O)O)C(=O)c2ccc(F)cc2F)CC1. The third-order valence-corrected chi connectivity index (χ3v) is 6.23. The Morgan fingerprint density at radius 1 is 1.27 bits per heavy atom. The normalized spacial score (nSPS) is 16.4. The summed E-state index contributed by atoms with van der Waals surface area (Å²) in [6.07, 6.45) is 0.474. The first kappa shape index (κ1) is 20.2. The number of carboxylic acids is 1. The van der Waals surface area contributed by atoms with Crippen molar-refractivity contribution in [3.05, 3.63) is 35.4 Å². The summed E-state index contributed by atoms with van der Waals surface area (Å²) in [5, 5.41) is 9.09. The lowest BCUT2D eigenvalue weighted by atomic mass is 10.0. The predicted octanol–water partition coefficient (Wildman–Crippen LogP) is 1.31. The molecule has 0 unspecified atom stereocenters. The highest BCUT2D eigenvalue weighted by atomic mass is 32.2. The van der Waals surface area contributed by atoms with E-state index < -0.39 is 51.7 Å².